The molecule has 1 aromatic rings. The Morgan fingerprint density at radius 1 is 1.27 bits per heavy atom. The van der Waals surface area contributed by atoms with Crippen LogP contribution in [0.15, 0.2) is 29.2 Å². The Morgan fingerprint density at radius 2 is 2.00 bits per heavy atom. The van der Waals surface area contributed by atoms with E-state index < -0.39 is 10.0 Å². The number of carbonyl (C=O) groups is 1. The van der Waals surface area contributed by atoms with Crippen LogP contribution in [0.2, 0.25) is 0 Å². The Hall–Kier alpha value is -1.68. The van der Waals surface area contributed by atoms with Crippen molar-refractivity contribution in [1.29, 1.82) is 0 Å². The van der Waals surface area contributed by atoms with E-state index in [0.717, 1.165) is 19.4 Å². The van der Waals surface area contributed by atoms with Gasteiger partial charge in [0, 0.05) is 13.7 Å². The van der Waals surface area contributed by atoms with E-state index in [9.17, 15) is 13.2 Å². The van der Waals surface area contributed by atoms with Crippen LogP contribution in [0, 0.1) is 0 Å². The van der Waals surface area contributed by atoms with Gasteiger partial charge in [0.25, 0.3) is 0 Å². The maximum atomic E-state index is 12.5. The summed E-state index contributed by atoms with van der Waals surface area (Å²) in [6.45, 7) is 1.73. The van der Waals surface area contributed by atoms with E-state index in [1.54, 1.807) is 19.2 Å². The molecule has 0 amide bonds. The largest absolute Gasteiger partial charge is 0.493 e. The first kappa shape index (κ1) is 20.6. The van der Waals surface area contributed by atoms with Gasteiger partial charge < -0.3 is 19.5 Å². The first-order valence-corrected chi connectivity index (χ1v) is 9.92. The summed E-state index contributed by atoms with van der Waals surface area (Å²) in [6, 6.07) is 6.07. The van der Waals surface area contributed by atoms with Gasteiger partial charge in [0.05, 0.1) is 37.2 Å². The molecule has 1 aliphatic heterocycles. The van der Waals surface area contributed by atoms with Crippen LogP contribution in [0.25, 0.3) is 0 Å². The number of methoxy groups -OCH3 is 2. The van der Waals surface area contributed by atoms with Crippen molar-refractivity contribution in [3.63, 3.8) is 0 Å². The number of benzene rings is 1. The number of nitrogens with one attached hydrogen (secondary N) is 2. The highest BCUT2D eigenvalue weighted by atomic mass is 32.2. The molecular weight excluding hydrogens is 360 g/mol. The van der Waals surface area contributed by atoms with Crippen LogP contribution in [0.5, 0.6) is 5.75 Å². The van der Waals surface area contributed by atoms with E-state index in [4.69, 9.17) is 9.47 Å². The van der Waals surface area contributed by atoms with Gasteiger partial charge in [-0.1, -0.05) is 0 Å². The molecule has 2 rings (SSSR count). The van der Waals surface area contributed by atoms with Crippen molar-refractivity contribution in [2.75, 3.05) is 40.5 Å². The molecule has 1 unspecified atom stereocenters. The van der Waals surface area contributed by atoms with Crippen LogP contribution in [0.3, 0.4) is 0 Å². The molecule has 2 N–H and O–H groups in total. The van der Waals surface area contributed by atoms with E-state index >= 15 is 0 Å². The fourth-order valence-corrected chi connectivity index (χ4v) is 3.98. The second kappa shape index (κ2) is 9.31. The van der Waals surface area contributed by atoms with Crippen LogP contribution in [-0.2, 0) is 24.3 Å². The Bertz CT molecular complexity index is 684. The SMILES string of the molecule is COCC1(CNS(=O)(=O)c2ccc(OCCC(=O)OC)cc2)CCCN1. The molecule has 1 fully saturated rings. The van der Waals surface area contributed by atoms with Crippen molar-refractivity contribution < 1.29 is 27.4 Å². The normalized spacial score (nSPS) is 20.1. The third-order valence-corrected chi connectivity index (χ3v) is 5.71. The molecule has 0 saturated carbocycles. The quantitative estimate of drug-likeness (QED) is 0.570. The molecule has 1 aromatic carbocycles. The third-order valence-electron chi connectivity index (χ3n) is 4.29. The molecular formula is C17H26N2O6S. The lowest BCUT2D eigenvalue weighted by atomic mass is 9.99. The Morgan fingerprint density at radius 3 is 2.58 bits per heavy atom. The smallest absolute Gasteiger partial charge is 0.308 e. The average molecular weight is 386 g/mol. The van der Waals surface area contributed by atoms with Crippen LogP contribution in [0.1, 0.15) is 19.3 Å². The summed E-state index contributed by atoms with van der Waals surface area (Å²) in [6.07, 6.45) is 1.98. The molecule has 0 radical (unpaired) electrons. The van der Waals surface area contributed by atoms with Crippen molar-refractivity contribution in [3.05, 3.63) is 24.3 Å². The zero-order chi connectivity index (χ0) is 19.0. The fraction of sp³-hybridized carbons (Fsp3) is 0.588. The van der Waals surface area contributed by atoms with Gasteiger partial charge >= 0.3 is 5.97 Å². The number of ether oxygens (including phenoxy) is 3. The van der Waals surface area contributed by atoms with Crippen LogP contribution in [0.4, 0.5) is 0 Å². The number of hydrogen-bond donors (Lipinski definition) is 2. The van der Waals surface area contributed by atoms with Crippen LogP contribution < -0.4 is 14.8 Å². The molecule has 1 saturated heterocycles. The van der Waals surface area contributed by atoms with Gasteiger partial charge in [-0.15, -0.1) is 0 Å². The van der Waals surface area contributed by atoms with Gasteiger partial charge in [-0.3, -0.25) is 4.79 Å². The predicted octanol–water partition coefficient (Wildman–Crippen LogP) is 0.675. The molecule has 1 heterocycles. The Balaban J connectivity index is 1.93. The lowest BCUT2D eigenvalue weighted by Gasteiger charge is -2.28. The summed E-state index contributed by atoms with van der Waals surface area (Å²) < 4.78 is 42.8. The standard InChI is InChI=1S/C17H26N2O6S/c1-23-13-17(9-3-10-18-17)12-19-26(21,22)15-6-4-14(5-7-15)25-11-8-16(20)24-2/h4-7,18-19H,3,8-13H2,1-2H3. The Labute approximate surface area is 154 Å². The van der Waals surface area contributed by atoms with Gasteiger partial charge in [0.1, 0.15) is 5.75 Å². The second-order valence-corrected chi connectivity index (χ2v) is 7.98. The van der Waals surface area contributed by atoms with Gasteiger partial charge in [-0.2, -0.15) is 0 Å². The maximum Gasteiger partial charge on any atom is 0.308 e. The van der Waals surface area contributed by atoms with E-state index in [0.29, 0.717) is 12.4 Å². The lowest BCUT2D eigenvalue weighted by Crippen LogP contribution is -2.52. The van der Waals surface area contributed by atoms with E-state index in [1.807, 2.05) is 0 Å². The minimum absolute atomic E-state index is 0.132. The minimum atomic E-state index is -3.63. The predicted molar refractivity (Wildman–Crippen MR) is 95.6 cm³/mol. The summed E-state index contributed by atoms with van der Waals surface area (Å²) >= 11 is 0. The van der Waals surface area contributed by atoms with Crippen LogP contribution in [-0.4, -0.2) is 60.4 Å². The number of sulfonamides is 1. The summed E-state index contributed by atoms with van der Waals surface area (Å²) in [4.78, 5) is 11.2. The third kappa shape index (κ3) is 5.66. The molecule has 1 aliphatic rings. The number of esters is 1. The number of rotatable bonds is 10. The first-order chi connectivity index (χ1) is 12.4. The number of hydrogen-bond acceptors (Lipinski definition) is 7. The highest BCUT2D eigenvalue weighted by Crippen LogP contribution is 2.21. The van der Waals surface area contributed by atoms with Crippen molar-refractivity contribution in [1.82, 2.24) is 10.0 Å². The number of carbonyl (C=O) groups excluding carboxylic acids is 1. The molecule has 1 atom stereocenters. The molecule has 0 aromatic heterocycles. The minimum Gasteiger partial charge on any atom is -0.493 e. The maximum absolute atomic E-state index is 12.5. The van der Waals surface area contributed by atoms with Gasteiger partial charge in [0.15, 0.2) is 0 Å². The molecule has 9 heteroatoms. The van der Waals surface area contributed by atoms with E-state index in [2.05, 4.69) is 14.8 Å². The molecule has 0 aliphatic carbocycles. The average Bonchev–Trinajstić information content (AvgIpc) is 3.10. The molecule has 8 nitrogen and oxygen atoms in total. The molecule has 0 spiro atoms. The topological polar surface area (TPSA) is 103 Å². The van der Waals surface area contributed by atoms with Gasteiger partial charge in [-0.05, 0) is 43.7 Å². The fourth-order valence-electron chi connectivity index (χ4n) is 2.86. The highest BCUT2D eigenvalue weighted by Gasteiger charge is 2.34. The Kier molecular flexibility index (Phi) is 7.39. The molecule has 146 valence electrons. The first-order valence-electron chi connectivity index (χ1n) is 8.44. The van der Waals surface area contributed by atoms with Crippen molar-refractivity contribution in [3.8, 4) is 5.75 Å². The zero-order valence-corrected chi connectivity index (χ0v) is 15.9. The van der Waals surface area contributed by atoms with E-state index in [1.165, 1.54) is 19.2 Å². The van der Waals surface area contributed by atoms with Crippen molar-refractivity contribution >= 4 is 16.0 Å². The lowest BCUT2D eigenvalue weighted by molar-refractivity contribution is -0.141. The monoisotopic (exact) mass is 386 g/mol. The summed E-state index contributed by atoms with van der Waals surface area (Å²) in [7, 11) is -0.715. The molecule has 26 heavy (non-hydrogen) atoms. The summed E-state index contributed by atoms with van der Waals surface area (Å²) in [5, 5.41) is 3.33. The van der Waals surface area contributed by atoms with Gasteiger partial charge in [-0.25, -0.2) is 13.1 Å². The zero-order valence-electron chi connectivity index (χ0n) is 15.1. The van der Waals surface area contributed by atoms with Crippen molar-refractivity contribution in [2.45, 2.75) is 29.7 Å². The van der Waals surface area contributed by atoms with Crippen LogP contribution >= 0.6 is 0 Å². The highest BCUT2D eigenvalue weighted by molar-refractivity contribution is 7.89. The summed E-state index contributed by atoms with van der Waals surface area (Å²) in [5.41, 5.74) is -0.362. The van der Waals surface area contributed by atoms with Crippen molar-refractivity contribution in [2.24, 2.45) is 0 Å². The van der Waals surface area contributed by atoms with E-state index in [-0.39, 0.29) is 36.0 Å². The second-order valence-electron chi connectivity index (χ2n) is 6.21. The van der Waals surface area contributed by atoms with Gasteiger partial charge in [0.2, 0.25) is 10.0 Å². The summed E-state index contributed by atoms with van der Waals surface area (Å²) in [5.74, 6) is 0.125. The molecule has 0 bridgehead atoms.